The second-order valence-corrected chi connectivity index (χ2v) is 7.24. The first-order chi connectivity index (χ1) is 12.6. The van der Waals surface area contributed by atoms with Gasteiger partial charge in [-0.2, -0.15) is 4.99 Å². The Bertz CT molecular complexity index is 1010. The van der Waals surface area contributed by atoms with Crippen LogP contribution in [0, 0.1) is 6.92 Å². The SMILES string of the molecule is CCc1cccc2sc(=NC(=O)Cc3ccc(OC)c(C)c3)n(CC)c12. The molecule has 0 atom stereocenters. The number of carbonyl (C=O) groups is 1. The van der Waals surface area contributed by atoms with Gasteiger partial charge in [0.2, 0.25) is 0 Å². The molecule has 5 heteroatoms. The fourth-order valence-corrected chi connectivity index (χ4v) is 4.40. The van der Waals surface area contributed by atoms with Crippen molar-refractivity contribution >= 4 is 27.5 Å². The molecule has 0 unspecified atom stereocenters. The van der Waals surface area contributed by atoms with Crippen molar-refractivity contribution in [1.29, 1.82) is 0 Å². The van der Waals surface area contributed by atoms with Crippen molar-refractivity contribution in [3.8, 4) is 5.75 Å². The summed E-state index contributed by atoms with van der Waals surface area (Å²) in [7, 11) is 1.65. The fourth-order valence-electron chi connectivity index (χ4n) is 3.24. The molecule has 3 rings (SSSR count). The third-order valence-corrected chi connectivity index (χ3v) is 5.56. The van der Waals surface area contributed by atoms with Crippen molar-refractivity contribution in [1.82, 2.24) is 4.57 Å². The van der Waals surface area contributed by atoms with Crippen LogP contribution >= 0.6 is 11.3 Å². The van der Waals surface area contributed by atoms with Crippen molar-refractivity contribution in [2.75, 3.05) is 7.11 Å². The number of aromatic nitrogens is 1. The highest BCUT2D eigenvalue weighted by molar-refractivity contribution is 7.16. The number of rotatable bonds is 5. The largest absolute Gasteiger partial charge is 0.496 e. The zero-order chi connectivity index (χ0) is 18.7. The monoisotopic (exact) mass is 368 g/mol. The summed E-state index contributed by atoms with van der Waals surface area (Å²) in [6.07, 6.45) is 1.26. The Hall–Kier alpha value is -2.40. The predicted molar refractivity (Wildman–Crippen MR) is 107 cm³/mol. The van der Waals surface area contributed by atoms with Gasteiger partial charge in [-0.3, -0.25) is 4.79 Å². The van der Waals surface area contributed by atoms with Crippen LogP contribution in [0.1, 0.15) is 30.5 Å². The van der Waals surface area contributed by atoms with Crippen molar-refractivity contribution in [2.24, 2.45) is 4.99 Å². The Balaban J connectivity index is 1.96. The number of hydrogen-bond acceptors (Lipinski definition) is 3. The number of amides is 1. The second kappa shape index (κ2) is 7.87. The third-order valence-electron chi connectivity index (χ3n) is 4.52. The highest BCUT2D eigenvalue weighted by Gasteiger charge is 2.10. The smallest absolute Gasteiger partial charge is 0.252 e. The van der Waals surface area contributed by atoms with Gasteiger partial charge in [-0.1, -0.05) is 42.5 Å². The van der Waals surface area contributed by atoms with Gasteiger partial charge in [0.25, 0.3) is 5.91 Å². The molecule has 0 saturated heterocycles. The number of ether oxygens (including phenoxy) is 1. The second-order valence-electron chi connectivity index (χ2n) is 6.23. The van der Waals surface area contributed by atoms with E-state index in [1.165, 1.54) is 15.8 Å². The molecule has 1 aromatic heterocycles. The molecule has 0 aliphatic carbocycles. The molecule has 1 amide bonds. The van der Waals surface area contributed by atoms with Crippen molar-refractivity contribution in [2.45, 2.75) is 40.2 Å². The average molecular weight is 369 g/mol. The molecule has 3 aromatic rings. The van der Waals surface area contributed by atoms with E-state index in [2.05, 4.69) is 41.6 Å². The third kappa shape index (κ3) is 3.58. The maximum Gasteiger partial charge on any atom is 0.252 e. The summed E-state index contributed by atoms with van der Waals surface area (Å²) < 4.78 is 8.60. The maximum absolute atomic E-state index is 12.5. The van der Waals surface area contributed by atoms with E-state index in [0.717, 1.165) is 34.6 Å². The number of aryl methyl sites for hydroxylation is 3. The number of thiazole rings is 1. The Morgan fingerprint density at radius 3 is 2.69 bits per heavy atom. The molecule has 0 N–H and O–H groups in total. The molecule has 0 aliphatic rings. The average Bonchev–Trinajstić information content (AvgIpc) is 2.98. The molecule has 26 heavy (non-hydrogen) atoms. The van der Waals surface area contributed by atoms with Gasteiger partial charge in [-0.15, -0.1) is 0 Å². The molecule has 136 valence electrons. The molecule has 0 bridgehead atoms. The van der Waals surface area contributed by atoms with Crippen molar-refractivity contribution in [3.63, 3.8) is 0 Å². The van der Waals surface area contributed by atoms with Crippen LogP contribution in [0.15, 0.2) is 41.4 Å². The number of hydrogen-bond donors (Lipinski definition) is 0. The fraction of sp³-hybridized carbons (Fsp3) is 0.333. The maximum atomic E-state index is 12.5. The first-order valence-corrected chi connectivity index (χ1v) is 9.71. The lowest BCUT2D eigenvalue weighted by Gasteiger charge is -2.06. The Kier molecular flexibility index (Phi) is 5.57. The van der Waals surface area contributed by atoms with Crippen molar-refractivity contribution in [3.05, 3.63) is 57.9 Å². The van der Waals surface area contributed by atoms with Crippen LogP contribution in [0.5, 0.6) is 5.75 Å². The molecule has 0 radical (unpaired) electrons. The Labute approximate surface area is 157 Å². The summed E-state index contributed by atoms with van der Waals surface area (Å²) in [4.78, 5) is 17.7. The summed E-state index contributed by atoms with van der Waals surface area (Å²) >= 11 is 1.58. The molecular weight excluding hydrogens is 344 g/mol. The topological polar surface area (TPSA) is 43.6 Å². The minimum absolute atomic E-state index is 0.124. The van der Waals surface area contributed by atoms with Crippen LogP contribution in [-0.2, 0) is 24.2 Å². The number of nitrogens with zero attached hydrogens (tertiary/aromatic N) is 2. The van der Waals surface area contributed by atoms with Crippen LogP contribution in [0.2, 0.25) is 0 Å². The van der Waals surface area contributed by atoms with E-state index in [-0.39, 0.29) is 5.91 Å². The number of para-hydroxylation sites is 1. The van der Waals surface area contributed by atoms with Gasteiger partial charge in [-0.05, 0) is 49.1 Å². The molecule has 2 aromatic carbocycles. The lowest BCUT2D eigenvalue weighted by molar-refractivity contribution is -0.117. The van der Waals surface area contributed by atoms with E-state index >= 15 is 0 Å². The summed E-state index contributed by atoms with van der Waals surface area (Å²) in [5.74, 6) is 0.708. The summed E-state index contributed by atoms with van der Waals surface area (Å²) in [5.41, 5.74) is 4.47. The highest BCUT2D eigenvalue weighted by Crippen LogP contribution is 2.22. The molecule has 0 saturated carbocycles. The number of carbonyl (C=O) groups excluding carboxylic acids is 1. The van der Waals surface area contributed by atoms with Crippen LogP contribution in [0.4, 0.5) is 0 Å². The van der Waals surface area contributed by atoms with Crippen LogP contribution in [-0.4, -0.2) is 17.6 Å². The lowest BCUT2D eigenvalue weighted by atomic mass is 10.1. The summed E-state index contributed by atoms with van der Waals surface area (Å²) in [6.45, 7) is 7.02. The summed E-state index contributed by atoms with van der Waals surface area (Å²) in [6, 6.07) is 12.1. The van der Waals surface area contributed by atoms with E-state index < -0.39 is 0 Å². The molecule has 0 spiro atoms. The molecule has 4 nitrogen and oxygen atoms in total. The van der Waals surface area contributed by atoms with E-state index in [1.54, 1.807) is 18.4 Å². The molecule has 0 fully saturated rings. The standard InChI is InChI=1S/C21H24N2O2S/c1-5-16-8-7-9-18-20(16)23(6-2)21(26-18)22-19(24)13-15-10-11-17(25-4)14(3)12-15/h7-12H,5-6,13H2,1-4H3. The van der Waals surface area contributed by atoms with E-state index in [9.17, 15) is 4.79 Å². The van der Waals surface area contributed by atoms with E-state index in [0.29, 0.717) is 6.42 Å². The van der Waals surface area contributed by atoms with Gasteiger partial charge in [0.1, 0.15) is 5.75 Å². The van der Waals surface area contributed by atoms with E-state index in [4.69, 9.17) is 4.74 Å². The highest BCUT2D eigenvalue weighted by atomic mass is 32.1. The first kappa shape index (κ1) is 18.4. The van der Waals surface area contributed by atoms with Crippen LogP contribution in [0.3, 0.4) is 0 Å². The zero-order valence-corrected chi connectivity index (χ0v) is 16.5. The Morgan fingerprint density at radius 2 is 2.04 bits per heavy atom. The number of fused-ring (bicyclic) bond motifs is 1. The minimum atomic E-state index is -0.124. The summed E-state index contributed by atoms with van der Waals surface area (Å²) in [5, 5.41) is 0. The molecule has 1 heterocycles. The zero-order valence-electron chi connectivity index (χ0n) is 15.7. The number of benzene rings is 2. The number of methoxy groups -OCH3 is 1. The van der Waals surface area contributed by atoms with Crippen LogP contribution in [0.25, 0.3) is 10.2 Å². The van der Waals surface area contributed by atoms with Gasteiger partial charge in [0, 0.05) is 6.54 Å². The quantitative estimate of drug-likeness (QED) is 0.675. The van der Waals surface area contributed by atoms with Gasteiger partial charge in [-0.25, -0.2) is 0 Å². The minimum Gasteiger partial charge on any atom is -0.496 e. The van der Waals surface area contributed by atoms with Gasteiger partial charge < -0.3 is 9.30 Å². The normalized spacial score (nSPS) is 11.9. The first-order valence-electron chi connectivity index (χ1n) is 8.89. The van der Waals surface area contributed by atoms with E-state index in [1.807, 2.05) is 25.1 Å². The molecule has 0 aliphatic heterocycles. The molecular formula is C21H24N2O2S. The Morgan fingerprint density at radius 1 is 1.23 bits per heavy atom. The van der Waals surface area contributed by atoms with Gasteiger partial charge >= 0.3 is 0 Å². The van der Waals surface area contributed by atoms with Gasteiger partial charge in [0.15, 0.2) is 4.80 Å². The van der Waals surface area contributed by atoms with Crippen LogP contribution < -0.4 is 9.54 Å². The lowest BCUT2D eigenvalue weighted by Crippen LogP contribution is -2.17. The van der Waals surface area contributed by atoms with Gasteiger partial charge in [0.05, 0.1) is 23.7 Å². The van der Waals surface area contributed by atoms with Crippen molar-refractivity contribution < 1.29 is 9.53 Å². The predicted octanol–water partition coefficient (Wildman–Crippen LogP) is 4.27.